The van der Waals surface area contributed by atoms with Crippen molar-refractivity contribution in [1.29, 1.82) is 0 Å². The Morgan fingerprint density at radius 1 is 1.04 bits per heavy atom. The van der Waals surface area contributed by atoms with Crippen LogP contribution in [0.3, 0.4) is 0 Å². The number of aromatic carboxylic acids is 1. The summed E-state index contributed by atoms with van der Waals surface area (Å²) < 4.78 is 0. The van der Waals surface area contributed by atoms with Crippen LogP contribution >= 0.6 is 12.2 Å². The van der Waals surface area contributed by atoms with Gasteiger partial charge in [-0.1, -0.05) is 26.0 Å². The topological polar surface area (TPSA) is 61.4 Å². The van der Waals surface area contributed by atoms with Crippen molar-refractivity contribution in [1.82, 2.24) is 0 Å². The fraction of sp³-hybridized carbons (Fsp3) is 0.222. The fourth-order valence-electron chi connectivity index (χ4n) is 2.12. The largest absolute Gasteiger partial charge is 0.478 e. The summed E-state index contributed by atoms with van der Waals surface area (Å²) in [6.45, 7) is 4.38. The van der Waals surface area contributed by atoms with E-state index in [0.717, 1.165) is 17.8 Å². The number of hydrogen-bond donors (Lipinski definition) is 3. The smallest absolute Gasteiger partial charge is 0.335 e. The fourth-order valence-corrected chi connectivity index (χ4v) is 2.36. The third kappa shape index (κ3) is 4.79. The van der Waals surface area contributed by atoms with Gasteiger partial charge in [0.15, 0.2) is 5.11 Å². The lowest BCUT2D eigenvalue weighted by Gasteiger charge is -2.13. The number of carbonyl (C=O) groups is 1. The molecule has 0 amide bonds. The molecule has 23 heavy (non-hydrogen) atoms. The number of carboxylic acid groups (broad SMARTS) is 1. The van der Waals surface area contributed by atoms with Crippen LogP contribution < -0.4 is 10.6 Å². The predicted octanol–water partition coefficient (Wildman–Crippen LogP) is 4.71. The van der Waals surface area contributed by atoms with Crippen molar-refractivity contribution in [2.24, 2.45) is 0 Å². The van der Waals surface area contributed by atoms with Crippen molar-refractivity contribution >= 4 is 34.7 Å². The summed E-state index contributed by atoms with van der Waals surface area (Å²) in [6, 6.07) is 14.6. The molecule has 0 saturated heterocycles. The van der Waals surface area contributed by atoms with E-state index < -0.39 is 5.97 Å². The van der Waals surface area contributed by atoms with E-state index in [2.05, 4.69) is 36.6 Å². The molecule has 1 unspecified atom stereocenters. The zero-order chi connectivity index (χ0) is 16.8. The molecule has 0 heterocycles. The molecule has 4 nitrogen and oxygen atoms in total. The summed E-state index contributed by atoms with van der Waals surface area (Å²) in [5.41, 5.74) is 3.21. The lowest BCUT2D eigenvalue weighted by atomic mass is 9.99. The van der Waals surface area contributed by atoms with Gasteiger partial charge in [-0.15, -0.1) is 0 Å². The van der Waals surface area contributed by atoms with Crippen LogP contribution in [0.25, 0.3) is 0 Å². The number of nitrogens with one attached hydrogen (secondary N) is 2. The highest BCUT2D eigenvalue weighted by molar-refractivity contribution is 7.80. The molecular weight excluding hydrogens is 308 g/mol. The summed E-state index contributed by atoms with van der Waals surface area (Å²) in [5, 5.41) is 15.5. The van der Waals surface area contributed by atoms with Gasteiger partial charge in [0.1, 0.15) is 0 Å². The molecule has 120 valence electrons. The first-order valence-corrected chi connectivity index (χ1v) is 7.91. The van der Waals surface area contributed by atoms with Gasteiger partial charge >= 0.3 is 5.97 Å². The first-order chi connectivity index (χ1) is 11.0. The minimum absolute atomic E-state index is 0.245. The monoisotopic (exact) mass is 328 g/mol. The van der Waals surface area contributed by atoms with E-state index in [9.17, 15) is 4.79 Å². The number of benzene rings is 2. The standard InChI is InChI=1S/C18H20N2O2S/c1-3-12(2)13-4-8-15(9-5-13)19-18(23)20-16-10-6-14(7-11-16)17(21)22/h4-12H,3H2,1-2H3,(H,21,22)(H2,19,20,23). The van der Waals surface area contributed by atoms with E-state index in [1.807, 2.05) is 12.1 Å². The Balaban J connectivity index is 1.95. The number of thiocarbonyl (C=S) groups is 1. The molecule has 2 rings (SSSR count). The molecule has 2 aromatic carbocycles. The van der Waals surface area contributed by atoms with Gasteiger partial charge in [0.25, 0.3) is 0 Å². The lowest BCUT2D eigenvalue weighted by Crippen LogP contribution is -2.19. The second-order valence-electron chi connectivity index (χ2n) is 5.39. The zero-order valence-corrected chi connectivity index (χ0v) is 14.0. The van der Waals surface area contributed by atoms with Crippen molar-refractivity contribution in [2.45, 2.75) is 26.2 Å². The third-order valence-electron chi connectivity index (χ3n) is 3.74. The molecule has 0 aliphatic heterocycles. The molecule has 0 aliphatic carbocycles. The summed E-state index contributed by atoms with van der Waals surface area (Å²) in [5.74, 6) is -0.402. The Bertz CT molecular complexity index is 681. The maximum Gasteiger partial charge on any atom is 0.335 e. The molecule has 0 aromatic heterocycles. The van der Waals surface area contributed by atoms with Crippen molar-refractivity contribution in [3.8, 4) is 0 Å². The average molecular weight is 328 g/mol. The van der Waals surface area contributed by atoms with Crippen LogP contribution in [-0.2, 0) is 0 Å². The normalized spacial score (nSPS) is 11.6. The summed E-state index contributed by atoms with van der Waals surface area (Å²) in [7, 11) is 0. The van der Waals surface area contributed by atoms with Crippen LogP contribution in [0.1, 0.15) is 42.1 Å². The van der Waals surface area contributed by atoms with Crippen LogP contribution in [0.5, 0.6) is 0 Å². The Kier molecular flexibility index (Phi) is 5.71. The first kappa shape index (κ1) is 17.0. The molecule has 3 N–H and O–H groups in total. The van der Waals surface area contributed by atoms with Gasteiger partial charge in [0.05, 0.1) is 5.56 Å². The highest BCUT2D eigenvalue weighted by atomic mass is 32.1. The highest BCUT2D eigenvalue weighted by Gasteiger charge is 2.05. The van der Waals surface area contributed by atoms with Crippen LogP contribution in [0.4, 0.5) is 11.4 Å². The second-order valence-corrected chi connectivity index (χ2v) is 5.80. The SMILES string of the molecule is CCC(C)c1ccc(NC(=S)Nc2ccc(C(=O)O)cc2)cc1. The zero-order valence-electron chi connectivity index (χ0n) is 13.2. The summed E-state index contributed by atoms with van der Waals surface area (Å²) in [6.07, 6.45) is 1.11. The maximum atomic E-state index is 10.8. The third-order valence-corrected chi connectivity index (χ3v) is 3.94. The summed E-state index contributed by atoms with van der Waals surface area (Å²) >= 11 is 5.27. The van der Waals surface area contributed by atoms with Crippen molar-refractivity contribution < 1.29 is 9.90 Å². The minimum atomic E-state index is -0.946. The van der Waals surface area contributed by atoms with Crippen LogP contribution in [0.2, 0.25) is 0 Å². The summed E-state index contributed by atoms with van der Waals surface area (Å²) in [4.78, 5) is 10.8. The molecule has 0 radical (unpaired) electrons. The average Bonchev–Trinajstić information content (AvgIpc) is 2.55. The lowest BCUT2D eigenvalue weighted by molar-refractivity contribution is 0.0697. The molecule has 0 spiro atoms. The predicted molar refractivity (Wildman–Crippen MR) is 98.4 cm³/mol. The van der Waals surface area contributed by atoms with Crippen molar-refractivity contribution in [2.75, 3.05) is 10.6 Å². The van der Waals surface area contributed by atoms with Gasteiger partial charge in [-0.25, -0.2) is 4.79 Å². The van der Waals surface area contributed by atoms with E-state index in [1.54, 1.807) is 12.1 Å². The second kappa shape index (κ2) is 7.74. The van der Waals surface area contributed by atoms with E-state index in [1.165, 1.54) is 17.7 Å². The Morgan fingerprint density at radius 2 is 1.52 bits per heavy atom. The number of anilines is 2. The Hall–Kier alpha value is -2.40. The molecule has 0 bridgehead atoms. The van der Waals surface area contributed by atoms with Gasteiger partial charge in [-0.3, -0.25) is 0 Å². The van der Waals surface area contributed by atoms with Gasteiger partial charge in [0, 0.05) is 11.4 Å². The molecule has 5 heteroatoms. The maximum absolute atomic E-state index is 10.8. The van der Waals surface area contributed by atoms with Crippen molar-refractivity contribution in [3.63, 3.8) is 0 Å². The minimum Gasteiger partial charge on any atom is -0.478 e. The molecule has 0 saturated carbocycles. The molecule has 0 fully saturated rings. The van der Waals surface area contributed by atoms with Crippen LogP contribution in [-0.4, -0.2) is 16.2 Å². The van der Waals surface area contributed by atoms with E-state index in [-0.39, 0.29) is 5.56 Å². The van der Waals surface area contributed by atoms with Crippen molar-refractivity contribution in [3.05, 3.63) is 59.7 Å². The number of carboxylic acids is 1. The first-order valence-electron chi connectivity index (χ1n) is 7.51. The van der Waals surface area contributed by atoms with Gasteiger partial charge < -0.3 is 15.7 Å². The molecular formula is C18H20N2O2S. The van der Waals surface area contributed by atoms with Gasteiger partial charge in [-0.05, 0) is 66.5 Å². The molecule has 0 aliphatic rings. The highest BCUT2D eigenvalue weighted by Crippen LogP contribution is 2.20. The quantitative estimate of drug-likeness (QED) is 0.694. The van der Waals surface area contributed by atoms with E-state index in [4.69, 9.17) is 17.3 Å². The van der Waals surface area contributed by atoms with Gasteiger partial charge in [0.2, 0.25) is 0 Å². The Labute approximate surface area is 141 Å². The number of rotatable bonds is 5. The van der Waals surface area contributed by atoms with E-state index in [0.29, 0.717) is 11.0 Å². The number of hydrogen-bond acceptors (Lipinski definition) is 2. The molecule has 2 aromatic rings. The molecule has 1 atom stereocenters. The van der Waals surface area contributed by atoms with E-state index >= 15 is 0 Å². The van der Waals surface area contributed by atoms with Crippen LogP contribution in [0, 0.1) is 0 Å². The Morgan fingerprint density at radius 3 is 1.96 bits per heavy atom. The van der Waals surface area contributed by atoms with Crippen LogP contribution in [0.15, 0.2) is 48.5 Å². The van der Waals surface area contributed by atoms with Gasteiger partial charge in [-0.2, -0.15) is 0 Å².